The Balaban J connectivity index is 1.52. The number of nitrogens with zero attached hydrogens (tertiary/aromatic N) is 3. The summed E-state index contributed by atoms with van der Waals surface area (Å²) in [4.78, 5) is 35.4. The van der Waals surface area contributed by atoms with Gasteiger partial charge in [0.1, 0.15) is 10.6 Å². The lowest BCUT2D eigenvalue weighted by Gasteiger charge is -2.25. The number of anilines is 1. The number of hydrogen-bond acceptors (Lipinski definition) is 6. The van der Waals surface area contributed by atoms with Gasteiger partial charge in [-0.05, 0) is 42.8 Å². The number of carbonyl (C=O) groups is 1. The van der Waals surface area contributed by atoms with Gasteiger partial charge in [0, 0.05) is 18.0 Å². The van der Waals surface area contributed by atoms with Crippen LogP contribution in [0.2, 0.25) is 0 Å². The van der Waals surface area contributed by atoms with Crippen LogP contribution in [0.4, 0.5) is 10.1 Å². The molecule has 0 aliphatic carbocycles. The van der Waals surface area contributed by atoms with Crippen molar-refractivity contribution >= 4 is 44.9 Å². The van der Waals surface area contributed by atoms with Gasteiger partial charge in [-0.2, -0.15) is 0 Å². The maximum Gasteiger partial charge on any atom is 0.267 e. The van der Waals surface area contributed by atoms with Crippen molar-refractivity contribution in [1.29, 1.82) is 0 Å². The first-order chi connectivity index (χ1) is 16.5. The summed E-state index contributed by atoms with van der Waals surface area (Å²) in [6.45, 7) is 4.85. The van der Waals surface area contributed by atoms with Gasteiger partial charge in [0.15, 0.2) is 5.16 Å². The zero-order chi connectivity index (χ0) is 23.7. The van der Waals surface area contributed by atoms with Crippen LogP contribution in [0.15, 0.2) is 64.5 Å². The minimum atomic E-state index is -0.494. The average Bonchev–Trinajstić information content (AvgIpc) is 3.22. The minimum absolute atomic E-state index is 0.00613. The summed E-state index contributed by atoms with van der Waals surface area (Å²) in [5, 5.41) is 3.71. The first kappa shape index (κ1) is 22.8. The van der Waals surface area contributed by atoms with Gasteiger partial charge >= 0.3 is 0 Å². The minimum Gasteiger partial charge on any atom is -0.323 e. The Hall–Kier alpha value is -3.01. The molecule has 3 heterocycles. The first-order valence-corrected chi connectivity index (χ1v) is 12.9. The Morgan fingerprint density at radius 3 is 2.71 bits per heavy atom. The SMILES string of the molecule is CCN1CCc2c(sc3nc(SCC(=O)Nc4ccccc4F)n(-c4ccccc4)c(=O)c23)C1. The molecule has 0 fully saturated rings. The van der Waals surface area contributed by atoms with Crippen molar-refractivity contribution < 1.29 is 9.18 Å². The summed E-state index contributed by atoms with van der Waals surface area (Å²) in [7, 11) is 0. The van der Waals surface area contributed by atoms with Crippen LogP contribution in [0.5, 0.6) is 0 Å². The monoisotopic (exact) mass is 494 g/mol. The number of aromatic nitrogens is 2. The number of rotatable bonds is 6. The molecular weight excluding hydrogens is 471 g/mol. The van der Waals surface area contributed by atoms with E-state index in [2.05, 4.69) is 17.1 Å². The lowest BCUT2D eigenvalue weighted by molar-refractivity contribution is -0.113. The van der Waals surface area contributed by atoms with Crippen LogP contribution in [0.3, 0.4) is 0 Å². The fraction of sp³-hybridized carbons (Fsp3) is 0.240. The zero-order valence-electron chi connectivity index (χ0n) is 18.6. The summed E-state index contributed by atoms with van der Waals surface area (Å²) in [6, 6.07) is 15.4. The molecule has 0 radical (unpaired) electrons. The molecule has 0 spiro atoms. The van der Waals surface area contributed by atoms with Crippen molar-refractivity contribution in [2.45, 2.75) is 25.0 Å². The second-order valence-electron chi connectivity index (χ2n) is 7.99. The molecule has 1 aliphatic heterocycles. The van der Waals surface area contributed by atoms with Gasteiger partial charge in [-0.3, -0.25) is 19.1 Å². The third-order valence-electron chi connectivity index (χ3n) is 5.86. The van der Waals surface area contributed by atoms with E-state index < -0.39 is 5.82 Å². The summed E-state index contributed by atoms with van der Waals surface area (Å²) in [6.07, 6.45) is 0.826. The Labute approximate surface area is 204 Å². The molecule has 9 heteroatoms. The highest BCUT2D eigenvalue weighted by Crippen LogP contribution is 2.34. The summed E-state index contributed by atoms with van der Waals surface area (Å²) in [5.74, 6) is -0.867. The predicted octanol–water partition coefficient (Wildman–Crippen LogP) is 4.70. The molecule has 0 saturated carbocycles. The van der Waals surface area contributed by atoms with E-state index >= 15 is 0 Å². The molecule has 0 atom stereocenters. The highest BCUT2D eigenvalue weighted by atomic mass is 32.2. The zero-order valence-corrected chi connectivity index (χ0v) is 20.2. The van der Waals surface area contributed by atoms with E-state index in [4.69, 9.17) is 4.98 Å². The van der Waals surface area contributed by atoms with Crippen LogP contribution < -0.4 is 10.9 Å². The van der Waals surface area contributed by atoms with Crippen LogP contribution in [0.1, 0.15) is 17.4 Å². The Bertz CT molecular complexity index is 1420. The molecule has 1 aliphatic rings. The molecular formula is C25H23FN4O2S2. The highest BCUT2D eigenvalue weighted by molar-refractivity contribution is 7.99. The molecule has 0 bridgehead atoms. The van der Waals surface area contributed by atoms with E-state index in [9.17, 15) is 14.0 Å². The maximum absolute atomic E-state index is 13.9. The predicted molar refractivity (Wildman–Crippen MR) is 136 cm³/mol. The van der Waals surface area contributed by atoms with Crippen LogP contribution >= 0.6 is 23.1 Å². The lowest BCUT2D eigenvalue weighted by atomic mass is 10.1. The van der Waals surface area contributed by atoms with E-state index in [-0.39, 0.29) is 22.9 Å². The molecule has 0 unspecified atom stereocenters. The molecule has 2 aromatic carbocycles. The molecule has 1 amide bonds. The number of fused-ring (bicyclic) bond motifs is 3. The lowest BCUT2D eigenvalue weighted by Crippen LogP contribution is -2.30. The Kier molecular flexibility index (Phi) is 6.49. The van der Waals surface area contributed by atoms with Gasteiger partial charge in [-0.25, -0.2) is 9.37 Å². The molecule has 1 N–H and O–H groups in total. The number of thiophene rings is 1. The first-order valence-electron chi connectivity index (χ1n) is 11.1. The van der Waals surface area contributed by atoms with Crippen molar-refractivity contribution in [1.82, 2.24) is 14.5 Å². The largest absolute Gasteiger partial charge is 0.323 e. The number of para-hydroxylation sites is 2. The average molecular weight is 495 g/mol. The van der Waals surface area contributed by atoms with Gasteiger partial charge in [0.2, 0.25) is 5.91 Å². The van der Waals surface area contributed by atoms with Crippen LogP contribution in [0, 0.1) is 5.82 Å². The second-order valence-corrected chi connectivity index (χ2v) is 10.0. The summed E-state index contributed by atoms with van der Waals surface area (Å²) in [5.41, 5.74) is 1.81. The van der Waals surface area contributed by atoms with Crippen molar-refractivity contribution in [2.24, 2.45) is 0 Å². The van der Waals surface area contributed by atoms with Gasteiger partial charge in [-0.1, -0.05) is 49.0 Å². The van der Waals surface area contributed by atoms with Gasteiger partial charge in [0.05, 0.1) is 22.5 Å². The van der Waals surface area contributed by atoms with E-state index in [0.717, 1.165) is 31.6 Å². The van der Waals surface area contributed by atoms with Gasteiger partial charge in [0.25, 0.3) is 5.56 Å². The van der Waals surface area contributed by atoms with Crippen LogP contribution in [0.25, 0.3) is 15.9 Å². The van der Waals surface area contributed by atoms with Crippen LogP contribution in [-0.2, 0) is 17.8 Å². The molecule has 6 nitrogen and oxygen atoms in total. The number of benzene rings is 2. The van der Waals surface area contributed by atoms with Gasteiger partial charge < -0.3 is 5.32 Å². The Morgan fingerprint density at radius 1 is 1.18 bits per heavy atom. The smallest absolute Gasteiger partial charge is 0.267 e. The van der Waals surface area contributed by atoms with E-state index in [1.807, 2.05) is 30.3 Å². The van der Waals surface area contributed by atoms with Crippen molar-refractivity contribution in [2.75, 3.05) is 24.2 Å². The topological polar surface area (TPSA) is 67.2 Å². The molecule has 2 aromatic heterocycles. The van der Waals surface area contributed by atoms with Crippen molar-refractivity contribution in [3.8, 4) is 5.69 Å². The molecule has 4 aromatic rings. The number of halogens is 1. The molecule has 0 saturated heterocycles. The fourth-order valence-electron chi connectivity index (χ4n) is 4.13. The number of thioether (sulfide) groups is 1. The van der Waals surface area contributed by atoms with Crippen molar-refractivity contribution in [3.63, 3.8) is 0 Å². The fourth-order valence-corrected chi connectivity index (χ4v) is 6.24. The number of carbonyl (C=O) groups excluding carboxylic acids is 1. The summed E-state index contributed by atoms with van der Waals surface area (Å²) < 4.78 is 15.5. The second kappa shape index (κ2) is 9.69. The number of likely N-dealkylation sites (N-methyl/N-ethyl adjacent to an activating group) is 1. The maximum atomic E-state index is 13.9. The number of nitrogens with one attached hydrogen (secondary N) is 1. The van der Waals surface area contributed by atoms with E-state index in [1.54, 1.807) is 28.0 Å². The van der Waals surface area contributed by atoms with E-state index in [1.165, 1.54) is 28.8 Å². The highest BCUT2D eigenvalue weighted by Gasteiger charge is 2.25. The third kappa shape index (κ3) is 4.38. The quantitative estimate of drug-likeness (QED) is 0.311. The molecule has 34 heavy (non-hydrogen) atoms. The normalized spacial score (nSPS) is 13.7. The molecule has 174 valence electrons. The van der Waals surface area contributed by atoms with Crippen molar-refractivity contribution in [3.05, 3.63) is 81.2 Å². The Morgan fingerprint density at radius 2 is 1.94 bits per heavy atom. The number of hydrogen-bond donors (Lipinski definition) is 1. The van der Waals surface area contributed by atoms with E-state index in [0.29, 0.717) is 21.1 Å². The number of amides is 1. The summed E-state index contributed by atoms with van der Waals surface area (Å²) >= 11 is 2.73. The van der Waals surface area contributed by atoms with Crippen LogP contribution in [-0.4, -0.2) is 39.2 Å². The standard InChI is InChI=1S/C25H23FN4O2S2/c1-2-29-13-12-17-20(14-29)34-23-22(17)24(32)30(16-8-4-3-5-9-16)25(28-23)33-15-21(31)27-19-11-7-6-10-18(19)26/h3-11H,2,12-15H2,1H3,(H,27,31). The third-order valence-corrected chi connectivity index (χ3v) is 7.91. The molecule has 5 rings (SSSR count). The van der Waals surface area contributed by atoms with Gasteiger partial charge in [-0.15, -0.1) is 11.3 Å².